The van der Waals surface area contributed by atoms with Crippen LogP contribution in [-0.2, 0) is 4.79 Å². The molecule has 4 rings (SSSR count). The second-order valence-corrected chi connectivity index (χ2v) is 7.15. The lowest BCUT2D eigenvalue weighted by molar-refractivity contribution is -0.113. The number of thioether (sulfide) groups is 1. The Bertz CT molecular complexity index is 1110. The molecule has 0 aliphatic rings. The van der Waals surface area contributed by atoms with Crippen LogP contribution in [0.3, 0.4) is 0 Å². The zero-order valence-electron chi connectivity index (χ0n) is 14.1. The number of halogens is 1. The molecule has 1 aromatic heterocycles. The monoisotopic (exact) mass is 395 g/mol. The van der Waals surface area contributed by atoms with Gasteiger partial charge in [0.2, 0.25) is 11.8 Å². The highest BCUT2D eigenvalue weighted by atomic mass is 35.5. The molecule has 27 heavy (non-hydrogen) atoms. The fraction of sp³-hybridized carbons (Fsp3) is 0.0500. The summed E-state index contributed by atoms with van der Waals surface area (Å²) in [5.74, 6) is 0.414. The summed E-state index contributed by atoms with van der Waals surface area (Å²) in [6.07, 6.45) is 0. The molecule has 3 aromatic carbocycles. The Kier molecular flexibility index (Phi) is 5.09. The molecule has 0 spiro atoms. The second-order valence-electron chi connectivity index (χ2n) is 5.78. The third-order valence-corrected chi connectivity index (χ3v) is 4.89. The molecule has 0 aliphatic carbocycles. The fourth-order valence-corrected chi connectivity index (χ4v) is 3.35. The Morgan fingerprint density at radius 2 is 1.85 bits per heavy atom. The average molecular weight is 396 g/mol. The van der Waals surface area contributed by atoms with Gasteiger partial charge in [-0.25, -0.2) is 0 Å². The van der Waals surface area contributed by atoms with E-state index in [-0.39, 0.29) is 11.7 Å². The number of carbonyl (C=O) groups is 1. The van der Waals surface area contributed by atoms with Crippen LogP contribution in [0.5, 0.6) is 0 Å². The van der Waals surface area contributed by atoms with E-state index in [9.17, 15) is 4.79 Å². The van der Waals surface area contributed by atoms with Crippen molar-refractivity contribution in [3.05, 3.63) is 71.8 Å². The van der Waals surface area contributed by atoms with Gasteiger partial charge in [-0.1, -0.05) is 59.8 Å². The van der Waals surface area contributed by atoms with Crippen molar-refractivity contribution in [1.29, 1.82) is 0 Å². The van der Waals surface area contributed by atoms with E-state index < -0.39 is 0 Å². The minimum atomic E-state index is -0.173. The number of rotatable bonds is 5. The van der Waals surface area contributed by atoms with Crippen molar-refractivity contribution in [2.45, 2.75) is 5.22 Å². The molecule has 134 valence electrons. The van der Waals surface area contributed by atoms with Crippen LogP contribution in [-0.4, -0.2) is 21.9 Å². The van der Waals surface area contributed by atoms with Gasteiger partial charge < -0.3 is 9.73 Å². The molecule has 0 radical (unpaired) electrons. The summed E-state index contributed by atoms with van der Waals surface area (Å²) < 4.78 is 5.68. The zero-order valence-corrected chi connectivity index (χ0v) is 15.6. The number of amides is 1. The number of aromatic nitrogens is 2. The first-order valence-electron chi connectivity index (χ1n) is 8.18. The summed E-state index contributed by atoms with van der Waals surface area (Å²) in [4.78, 5) is 12.1. The summed E-state index contributed by atoms with van der Waals surface area (Å²) in [6, 6.07) is 21.0. The Morgan fingerprint density at radius 1 is 1.00 bits per heavy atom. The van der Waals surface area contributed by atoms with E-state index >= 15 is 0 Å². The number of nitrogens with zero attached hydrogens (tertiary/aromatic N) is 2. The lowest BCUT2D eigenvalue weighted by Gasteiger charge is -2.03. The molecule has 5 nitrogen and oxygen atoms in total. The lowest BCUT2D eigenvalue weighted by Crippen LogP contribution is -2.13. The van der Waals surface area contributed by atoms with Crippen LogP contribution in [0.15, 0.2) is 76.4 Å². The van der Waals surface area contributed by atoms with E-state index in [4.69, 9.17) is 16.0 Å². The van der Waals surface area contributed by atoms with Crippen molar-refractivity contribution in [2.75, 3.05) is 11.1 Å². The van der Waals surface area contributed by atoms with E-state index in [1.807, 2.05) is 42.5 Å². The number of hydrogen-bond acceptors (Lipinski definition) is 5. The topological polar surface area (TPSA) is 68.0 Å². The third-order valence-electron chi connectivity index (χ3n) is 3.84. The van der Waals surface area contributed by atoms with Gasteiger partial charge in [0.25, 0.3) is 5.22 Å². The van der Waals surface area contributed by atoms with Crippen molar-refractivity contribution in [3.8, 4) is 11.5 Å². The molecule has 0 atom stereocenters. The smallest absolute Gasteiger partial charge is 0.277 e. The zero-order chi connectivity index (χ0) is 18.6. The minimum Gasteiger partial charge on any atom is -0.411 e. The van der Waals surface area contributed by atoms with Gasteiger partial charge in [0.1, 0.15) is 0 Å². The van der Waals surface area contributed by atoms with Gasteiger partial charge in [-0.2, -0.15) is 0 Å². The van der Waals surface area contributed by atoms with Crippen LogP contribution in [0, 0.1) is 0 Å². The largest absolute Gasteiger partial charge is 0.411 e. The highest BCUT2D eigenvalue weighted by Gasteiger charge is 2.12. The van der Waals surface area contributed by atoms with Crippen LogP contribution in [0.1, 0.15) is 0 Å². The average Bonchev–Trinajstić information content (AvgIpc) is 3.15. The van der Waals surface area contributed by atoms with Crippen LogP contribution in [0.2, 0.25) is 5.02 Å². The van der Waals surface area contributed by atoms with Gasteiger partial charge in [-0.05, 0) is 41.1 Å². The molecule has 1 amide bonds. The Morgan fingerprint density at radius 3 is 2.70 bits per heavy atom. The molecule has 0 saturated heterocycles. The van der Waals surface area contributed by atoms with Gasteiger partial charge in [0.15, 0.2) is 0 Å². The Hall–Kier alpha value is -2.83. The number of fused-ring (bicyclic) bond motifs is 1. The summed E-state index contributed by atoms with van der Waals surface area (Å²) >= 11 is 7.09. The first-order chi connectivity index (χ1) is 13.2. The number of hydrogen-bond donors (Lipinski definition) is 1. The second kappa shape index (κ2) is 7.82. The maximum atomic E-state index is 12.1. The summed E-state index contributed by atoms with van der Waals surface area (Å²) in [7, 11) is 0. The van der Waals surface area contributed by atoms with Crippen molar-refractivity contribution in [2.24, 2.45) is 0 Å². The molecule has 1 N–H and O–H groups in total. The van der Waals surface area contributed by atoms with E-state index in [2.05, 4.69) is 15.5 Å². The minimum absolute atomic E-state index is 0.159. The number of benzene rings is 3. The number of carbonyl (C=O) groups excluding carboxylic acids is 1. The Labute approximate surface area is 164 Å². The number of anilines is 1. The lowest BCUT2D eigenvalue weighted by atomic mass is 10.1. The van der Waals surface area contributed by atoms with E-state index in [1.54, 1.807) is 24.3 Å². The third kappa shape index (κ3) is 4.30. The van der Waals surface area contributed by atoms with Gasteiger partial charge in [0, 0.05) is 16.3 Å². The van der Waals surface area contributed by atoms with E-state index in [1.165, 1.54) is 11.8 Å². The highest BCUT2D eigenvalue weighted by Crippen LogP contribution is 2.26. The molecule has 0 bridgehead atoms. The summed E-state index contributed by atoms with van der Waals surface area (Å²) in [5, 5.41) is 14.0. The van der Waals surface area contributed by atoms with Crippen LogP contribution in [0.25, 0.3) is 22.2 Å². The van der Waals surface area contributed by atoms with Gasteiger partial charge >= 0.3 is 0 Å². The fourth-order valence-electron chi connectivity index (χ4n) is 2.60. The SMILES string of the molecule is O=C(CSc1nnc(-c2ccc3ccccc3c2)o1)Nc1cccc(Cl)c1. The van der Waals surface area contributed by atoms with Crippen molar-refractivity contribution >= 4 is 45.7 Å². The molecule has 0 aliphatic heterocycles. The molecule has 4 aromatic rings. The van der Waals surface area contributed by atoms with Gasteiger partial charge in [0.05, 0.1) is 5.75 Å². The molecule has 7 heteroatoms. The van der Waals surface area contributed by atoms with E-state index in [0.29, 0.717) is 21.8 Å². The molecule has 0 fully saturated rings. The summed E-state index contributed by atoms with van der Waals surface area (Å²) in [5.41, 5.74) is 1.49. The van der Waals surface area contributed by atoms with Crippen LogP contribution < -0.4 is 5.32 Å². The van der Waals surface area contributed by atoms with Crippen molar-refractivity contribution < 1.29 is 9.21 Å². The molecular formula is C20H14ClN3O2S. The first kappa shape index (κ1) is 17.6. The normalized spacial score (nSPS) is 10.9. The maximum absolute atomic E-state index is 12.1. The van der Waals surface area contributed by atoms with Gasteiger partial charge in [-0.3, -0.25) is 4.79 Å². The molecule has 1 heterocycles. The quantitative estimate of drug-likeness (QED) is 0.466. The number of nitrogens with one attached hydrogen (secondary N) is 1. The molecule has 0 saturated carbocycles. The predicted molar refractivity (Wildman–Crippen MR) is 108 cm³/mol. The molecular weight excluding hydrogens is 382 g/mol. The van der Waals surface area contributed by atoms with Crippen LogP contribution >= 0.6 is 23.4 Å². The first-order valence-corrected chi connectivity index (χ1v) is 9.55. The highest BCUT2D eigenvalue weighted by molar-refractivity contribution is 7.99. The molecule has 0 unspecified atom stereocenters. The van der Waals surface area contributed by atoms with Gasteiger partial charge in [-0.15, -0.1) is 10.2 Å². The predicted octanol–water partition coefficient (Wildman–Crippen LogP) is 5.27. The van der Waals surface area contributed by atoms with Crippen molar-refractivity contribution in [1.82, 2.24) is 10.2 Å². The summed E-state index contributed by atoms with van der Waals surface area (Å²) in [6.45, 7) is 0. The standard InChI is InChI=1S/C20H14ClN3O2S/c21-16-6-3-7-17(11-16)22-18(25)12-27-20-24-23-19(26-20)15-9-8-13-4-1-2-5-14(13)10-15/h1-11H,12H2,(H,22,25). The Balaban J connectivity index is 1.41. The van der Waals surface area contributed by atoms with E-state index in [0.717, 1.165) is 16.3 Å². The maximum Gasteiger partial charge on any atom is 0.277 e. The van der Waals surface area contributed by atoms with Crippen molar-refractivity contribution in [3.63, 3.8) is 0 Å². The van der Waals surface area contributed by atoms with Crippen LogP contribution in [0.4, 0.5) is 5.69 Å².